The number of nitriles is 1. The Morgan fingerprint density at radius 3 is 2.75 bits per heavy atom. The first-order valence-corrected chi connectivity index (χ1v) is 3.41. The van der Waals surface area contributed by atoms with Gasteiger partial charge in [-0.15, -0.1) is 5.26 Å². The summed E-state index contributed by atoms with van der Waals surface area (Å²) in [6.45, 7) is 1.43. The van der Waals surface area contributed by atoms with Gasteiger partial charge in [0.15, 0.2) is 11.5 Å². The van der Waals surface area contributed by atoms with E-state index in [1.165, 1.54) is 13.2 Å². The number of hydrogen-bond acceptors (Lipinski definition) is 3. The number of Topliss-reactive ketones (excluding diaryl/α,β-unsaturated/α-hetero) is 1. The van der Waals surface area contributed by atoms with Crippen molar-refractivity contribution in [1.82, 2.24) is 0 Å². The maximum absolute atomic E-state index is 11.0. The van der Waals surface area contributed by atoms with Crippen LogP contribution in [0.15, 0.2) is 24.3 Å². The molecular weight excluding hydrogens is 154 g/mol. The van der Waals surface area contributed by atoms with Crippen molar-refractivity contribution in [1.29, 1.82) is 5.26 Å². The largest absolute Gasteiger partial charge is 0.387 e. The molecule has 0 unspecified atom stereocenters. The normalized spacial score (nSPS) is 8.67. The fraction of sp³-hybridized carbons (Fsp3) is 0.111. The first kappa shape index (κ1) is 8.28. The van der Waals surface area contributed by atoms with Gasteiger partial charge < -0.3 is 4.74 Å². The van der Waals surface area contributed by atoms with E-state index in [0.29, 0.717) is 11.3 Å². The Balaban J connectivity index is 3.10. The summed E-state index contributed by atoms with van der Waals surface area (Å²) in [5, 5.41) is 8.24. The predicted molar refractivity (Wildman–Crippen MR) is 42.7 cm³/mol. The highest BCUT2D eigenvalue weighted by atomic mass is 16.5. The summed E-state index contributed by atoms with van der Waals surface area (Å²) in [6.07, 6.45) is 1.53. The van der Waals surface area contributed by atoms with E-state index in [1.807, 2.05) is 0 Å². The van der Waals surface area contributed by atoms with Gasteiger partial charge in [0.05, 0.1) is 5.56 Å². The third kappa shape index (κ3) is 1.61. The van der Waals surface area contributed by atoms with E-state index >= 15 is 0 Å². The Hall–Kier alpha value is -1.82. The summed E-state index contributed by atoms with van der Waals surface area (Å²) < 4.78 is 4.58. The molecule has 0 N–H and O–H groups in total. The summed E-state index contributed by atoms with van der Waals surface area (Å²) >= 11 is 0. The second-order valence-electron chi connectivity index (χ2n) is 2.25. The molecule has 0 spiro atoms. The van der Waals surface area contributed by atoms with Gasteiger partial charge >= 0.3 is 0 Å². The Kier molecular flexibility index (Phi) is 2.44. The van der Waals surface area contributed by atoms with Crippen molar-refractivity contribution in [3.05, 3.63) is 29.8 Å². The van der Waals surface area contributed by atoms with Crippen molar-refractivity contribution in [2.24, 2.45) is 0 Å². The smallest absolute Gasteiger partial charge is 0.292 e. The lowest BCUT2D eigenvalue weighted by molar-refractivity contribution is 0.101. The van der Waals surface area contributed by atoms with Crippen LogP contribution in [0.5, 0.6) is 5.75 Å². The third-order valence-electron chi connectivity index (χ3n) is 1.42. The van der Waals surface area contributed by atoms with E-state index in [4.69, 9.17) is 5.26 Å². The van der Waals surface area contributed by atoms with Crippen LogP contribution in [0.25, 0.3) is 0 Å². The lowest BCUT2D eigenvalue weighted by atomic mass is 10.1. The van der Waals surface area contributed by atoms with Crippen LogP contribution in [0.1, 0.15) is 17.3 Å². The highest BCUT2D eigenvalue weighted by Crippen LogP contribution is 2.17. The zero-order valence-electron chi connectivity index (χ0n) is 6.57. The molecule has 1 aromatic rings. The predicted octanol–water partition coefficient (Wildman–Crippen LogP) is 1.75. The molecule has 0 aliphatic heterocycles. The van der Waals surface area contributed by atoms with E-state index < -0.39 is 0 Å². The molecule has 1 aromatic carbocycles. The topological polar surface area (TPSA) is 50.1 Å². The second kappa shape index (κ2) is 3.54. The molecule has 3 heteroatoms. The summed E-state index contributed by atoms with van der Waals surface area (Å²) in [5.41, 5.74) is 0.430. The van der Waals surface area contributed by atoms with E-state index in [0.717, 1.165) is 0 Å². The van der Waals surface area contributed by atoms with Gasteiger partial charge in [0, 0.05) is 0 Å². The molecule has 0 atom stereocenters. The highest BCUT2D eigenvalue weighted by molar-refractivity contribution is 5.96. The van der Waals surface area contributed by atoms with E-state index in [2.05, 4.69) is 4.74 Å². The van der Waals surface area contributed by atoms with E-state index in [-0.39, 0.29) is 5.78 Å². The van der Waals surface area contributed by atoms with Gasteiger partial charge in [-0.05, 0) is 19.1 Å². The molecule has 0 bridgehead atoms. The van der Waals surface area contributed by atoms with Crippen LogP contribution in [0, 0.1) is 11.5 Å². The van der Waals surface area contributed by atoms with Crippen molar-refractivity contribution in [2.45, 2.75) is 6.92 Å². The third-order valence-corrected chi connectivity index (χ3v) is 1.42. The molecule has 12 heavy (non-hydrogen) atoms. The van der Waals surface area contributed by atoms with Crippen molar-refractivity contribution in [3.8, 4) is 12.0 Å². The van der Waals surface area contributed by atoms with Crippen LogP contribution >= 0.6 is 0 Å². The van der Waals surface area contributed by atoms with Gasteiger partial charge in [-0.3, -0.25) is 4.79 Å². The monoisotopic (exact) mass is 161 g/mol. The van der Waals surface area contributed by atoms with Gasteiger partial charge in [0.25, 0.3) is 6.26 Å². The lowest BCUT2D eigenvalue weighted by Gasteiger charge is -2.00. The zero-order chi connectivity index (χ0) is 8.97. The number of carbonyl (C=O) groups is 1. The SMILES string of the molecule is CC(=O)c1ccccc1OC#N. The first-order valence-electron chi connectivity index (χ1n) is 3.41. The minimum atomic E-state index is -0.110. The molecular formula is C9H7NO2. The Bertz CT molecular complexity index is 339. The van der Waals surface area contributed by atoms with Gasteiger partial charge in [-0.25, -0.2) is 0 Å². The molecule has 0 saturated carbocycles. The summed E-state index contributed by atoms with van der Waals surface area (Å²) in [7, 11) is 0. The summed E-state index contributed by atoms with van der Waals surface area (Å²) in [6, 6.07) is 6.63. The number of ether oxygens (including phenoxy) is 1. The molecule has 1 rings (SSSR count). The fourth-order valence-electron chi connectivity index (χ4n) is 0.896. The van der Waals surface area contributed by atoms with Crippen LogP contribution in [0.4, 0.5) is 0 Å². The number of rotatable bonds is 2. The van der Waals surface area contributed by atoms with Crippen LogP contribution < -0.4 is 4.74 Å². The molecule has 0 saturated heterocycles. The number of carbonyl (C=O) groups excluding carboxylic acids is 1. The summed E-state index contributed by atoms with van der Waals surface area (Å²) in [5.74, 6) is 0.202. The van der Waals surface area contributed by atoms with Crippen LogP contribution in [0.2, 0.25) is 0 Å². The number of hydrogen-bond donors (Lipinski definition) is 0. The number of para-hydroxylation sites is 1. The molecule has 0 aromatic heterocycles. The Labute approximate surface area is 70.2 Å². The van der Waals surface area contributed by atoms with Gasteiger partial charge in [0.1, 0.15) is 0 Å². The molecule has 0 fully saturated rings. The van der Waals surface area contributed by atoms with Crippen molar-refractivity contribution >= 4 is 5.78 Å². The minimum Gasteiger partial charge on any atom is -0.387 e. The first-order chi connectivity index (χ1) is 5.75. The molecule has 60 valence electrons. The minimum absolute atomic E-state index is 0.110. The zero-order valence-corrected chi connectivity index (χ0v) is 6.57. The molecule has 3 nitrogen and oxygen atoms in total. The standard InChI is InChI=1S/C9H7NO2/c1-7(11)8-4-2-3-5-9(8)12-6-10/h2-5H,1H3. The van der Waals surface area contributed by atoms with Crippen molar-refractivity contribution < 1.29 is 9.53 Å². The second-order valence-corrected chi connectivity index (χ2v) is 2.25. The molecule has 0 heterocycles. The quantitative estimate of drug-likeness (QED) is 0.490. The lowest BCUT2D eigenvalue weighted by Crippen LogP contribution is -1.95. The Morgan fingerprint density at radius 1 is 1.50 bits per heavy atom. The van der Waals surface area contributed by atoms with Gasteiger partial charge in [0.2, 0.25) is 0 Å². The molecule has 0 aliphatic carbocycles. The average molecular weight is 161 g/mol. The number of ketones is 1. The molecule has 0 amide bonds. The van der Waals surface area contributed by atoms with Gasteiger partial charge in [-0.1, -0.05) is 12.1 Å². The molecule has 0 aliphatic rings. The molecule has 0 radical (unpaired) electrons. The van der Waals surface area contributed by atoms with Crippen LogP contribution in [-0.2, 0) is 0 Å². The van der Waals surface area contributed by atoms with E-state index in [9.17, 15) is 4.79 Å². The van der Waals surface area contributed by atoms with Crippen LogP contribution in [-0.4, -0.2) is 5.78 Å². The highest BCUT2D eigenvalue weighted by Gasteiger charge is 2.06. The van der Waals surface area contributed by atoms with Crippen LogP contribution in [0.3, 0.4) is 0 Å². The fourth-order valence-corrected chi connectivity index (χ4v) is 0.896. The number of benzene rings is 1. The summed E-state index contributed by atoms with van der Waals surface area (Å²) in [4.78, 5) is 11.0. The van der Waals surface area contributed by atoms with Crippen molar-refractivity contribution in [2.75, 3.05) is 0 Å². The van der Waals surface area contributed by atoms with Crippen molar-refractivity contribution in [3.63, 3.8) is 0 Å². The maximum atomic E-state index is 11.0. The maximum Gasteiger partial charge on any atom is 0.292 e. The Morgan fingerprint density at radius 2 is 2.17 bits per heavy atom. The number of nitrogens with zero attached hydrogens (tertiary/aromatic N) is 1. The van der Waals surface area contributed by atoms with E-state index in [1.54, 1.807) is 24.3 Å². The average Bonchev–Trinajstić information content (AvgIpc) is 2.05. The van der Waals surface area contributed by atoms with Gasteiger partial charge in [-0.2, -0.15) is 0 Å².